The number of ether oxygens (including phenoxy) is 1. The van der Waals surface area contributed by atoms with E-state index < -0.39 is 0 Å². The van der Waals surface area contributed by atoms with Crippen LogP contribution in [0.15, 0.2) is 30.3 Å². The summed E-state index contributed by atoms with van der Waals surface area (Å²) < 4.78 is 5.91. The first-order valence-corrected chi connectivity index (χ1v) is 9.67. The van der Waals surface area contributed by atoms with Crippen LogP contribution in [0.25, 0.3) is 10.6 Å². The van der Waals surface area contributed by atoms with Gasteiger partial charge < -0.3 is 9.64 Å². The molecule has 0 radical (unpaired) electrons. The highest BCUT2D eigenvalue weighted by Gasteiger charge is 2.43. The van der Waals surface area contributed by atoms with Crippen molar-refractivity contribution in [3.63, 3.8) is 0 Å². The van der Waals surface area contributed by atoms with Crippen LogP contribution in [0.3, 0.4) is 0 Å². The molecule has 3 aliphatic rings. The Morgan fingerprint density at radius 3 is 2.75 bits per heavy atom. The highest BCUT2D eigenvalue weighted by atomic mass is 32.1. The van der Waals surface area contributed by atoms with Crippen LogP contribution >= 0.6 is 11.3 Å². The van der Waals surface area contributed by atoms with Crippen LogP contribution < -0.4 is 4.90 Å². The average molecular weight is 342 g/mol. The van der Waals surface area contributed by atoms with Crippen LogP contribution in [-0.2, 0) is 4.74 Å². The molecule has 0 bridgehead atoms. The largest absolute Gasteiger partial charge is 0.378 e. The van der Waals surface area contributed by atoms with Crippen LogP contribution in [0.1, 0.15) is 12.8 Å². The van der Waals surface area contributed by atoms with Crippen LogP contribution in [0.5, 0.6) is 0 Å². The van der Waals surface area contributed by atoms with Gasteiger partial charge in [-0.05, 0) is 18.8 Å². The van der Waals surface area contributed by atoms with Gasteiger partial charge in [0.25, 0.3) is 0 Å². The molecule has 24 heavy (non-hydrogen) atoms. The smallest absolute Gasteiger partial charge is 0.208 e. The predicted octanol–water partition coefficient (Wildman–Crippen LogP) is 2.50. The maximum Gasteiger partial charge on any atom is 0.208 e. The first-order chi connectivity index (χ1) is 11.9. The number of morpholine rings is 1. The predicted molar refractivity (Wildman–Crippen MR) is 95.4 cm³/mol. The highest BCUT2D eigenvalue weighted by molar-refractivity contribution is 7.18. The van der Waals surface area contributed by atoms with E-state index in [4.69, 9.17) is 4.74 Å². The molecule has 6 heteroatoms. The van der Waals surface area contributed by atoms with Gasteiger partial charge in [-0.3, -0.25) is 4.90 Å². The van der Waals surface area contributed by atoms with Gasteiger partial charge in [0.1, 0.15) is 5.01 Å². The molecule has 1 saturated carbocycles. The van der Waals surface area contributed by atoms with Gasteiger partial charge in [-0.25, -0.2) is 0 Å². The zero-order valence-corrected chi connectivity index (χ0v) is 14.5. The Kier molecular flexibility index (Phi) is 3.76. The van der Waals surface area contributed by atoms with Crippen molar-refractivity contribution in [1.29, 1.82) is 0 Å². The van der Waals surface area contributed by atoms with E-state index in [9.17, 15) is 0 Å². The molecular formula is C18H22N4OS. The number of benzene rings is 1. The lowest BCUT2D eigenvalue weighted by atomic mass is 10.0. The maximum atomic E-state index is 5.91. The van der Waals surface area contributed by atoms with Crippen molar-refractivity contribution >= 4 is 16.5 Å². The SMILES string of the molecule is c1ccc(-c2nnc(N3CCN4[C@@H](COC[C@@H]4C4CC4)C3)s2)cc1. The van der Waals surface area contributed by atoms with Crippen LogP contribution in [0.4, 0.5) is 5.13 Å². The zero-order valence-electron chi connectivity index (χ0n) is 13.7. The normalized spacial score (nSPS) is 27.9. The number of hydrogen-bond acceptors (Lipinski definition) is 6. The Hall–Kier alpha value is -1.50. The second-order valence-electron chi connectivity index (χ2n) is 7.04. The molecule has 5 nitrogen and oxygen atoms in total. The third-order valence-electron chi connectivity index (χ3n) is 5.42. The summed E-state index contributed by atoms with van der Waals surface area (Å²) in [6.45, 7) is 4.95. The lowest BCUT2D eigenvalue weighted by Gasteiger charge is -2.48. The summed E-state index contributed by atoms with van der Waals surface area (Å²) in [7, 11) is 0. The molecule has 2 atom stereocenters. The van der Waals surface area contributed by atoms with Crippen molar-refractivity contribution in [2.24, 2.45) is 5.92 Å². The Balaban J connectivity index is 1.31. The van der Waals surface area contributed by atoms with Crippen LogP contribution in [0, 0.1) is 5.92 Å². The molecular weight excluding hydrogens is 320 g/mol. The van der Waals surface area contributed by atoms with E-state index in [1.807, 2.05) is 18.2 Å². The van der Waals surface area contributed by atoms with Gasteiger partial charge in [0, 0.05) is 31.2 Å². The highest BCUT2D eigenvalue weighted by Crippen LogP contribution is 2.39. The molecule has 1 aromatic heterocycles. The monoisotopic (exact) mass is 342 g/mol. The maximum absolute atomic E-state index is 5.91. The van der Waals surface area contributed by atoms with Crippen LogP contribution in [0.2, 0.25) is 0 Å². The van der Waals surface area contributed by atoms with Gasteiger partial charge in [-0.15, -0.1) is 10.2 Å². The number of nitrogens with zero attached hydrogens (tertiary/aromatic N) is 4. The summed E-state index contributed by atoms with van der Waals surface area (Å²) in [5.41, 5.74) is 1.15. The third kappa shape index (κ3) is 2.72. The van der Waals surface area contributed by atoms with Gasteiger partial charge in [0.15, 0.2) is 0 Å². The molecule has 2 aliphatic heterocycles. The standard InChI is InChI=1S/C18H22N4OS/c1-2-4-14(5-3-1)17-19-20-18(24-17)21-8-9-22-15(10-21)11-23-12-16(22)13-6-7-13/h1-5,13,15-16H,6-12H2/t15-,16-/m1/s1. The Labute approximate surface area is 146 Å². The van der Waals surface area contributed by atoms with Gasteiger partial charge in [-0.2, -0.15) is 0 Å². The number of fused-ring (bicyclic) bond motifs is 1. The fraction of sp³-hybridized carbons (Fsp3) is 0.556. The van der Waals surface area contributed by atoms with E-state index in [1.54, 1.807) is 11.3 Å². The van der Waals surface area contributed by atoms with E-state index in [1.165, 1.54) is 12.8 Å². The Bertz CT molecular complexity index is 702. The van der Waals surface area contributed by atoms with E-state index >= 15 is 0 Å². The number of anilines is 1. The topological polar surface area (TPSA) is 41.5 Å². The summed E-state index contributed by atoms with van der Waals surface area (Å²) in [5.74, 6) is 0.880. The molecule has 0 spiro atoms. The minimum absolute atomic E-state index is 0.502. The number of hydrogen-bond donors (Lipinski definition) is 0. The van der Waals surface area contributed by atoms with E-state index in [2.05, 4.69) is 32.1 Å². The number of aromatic nitrogens is 2. The molecule has 0 N–H and O–H groups in total. The summed E-state index contributed by atoms with van der Waals surface area (Å²) in [6, 6.07) is 11.5. The van der Waals surface area contributed by atoms with Crippen molar-refractivity contribution in [3.05, 3.63) is 30.3 Å². The molecule has 2 aromatic rings. The van der Waals surface area contributed by atoms with Crippen LogP contribution in [-0.4, -0.2) is 60.0 Å². The quantitative estimate of drug-likeness (QED) is 0.857. The summed E-state index contributed by atoms with van der Waals surface area (Å²) in [4.78, 5) is 5.10. The molecule has 3 fully saturated rings. The summed E-state index contributed by atoms with van der Waals surface area (Å²) >= 11 is 1.70. The molecule has 2 saturated heterocycles. The number of piperazine rings is 1. The van der Waals surface area contributed by atoms with Gasteiger partial charge in [0.05, 0.1) is 19.3 Å². The molecule has 0 amide bonds. The summed E-state index contributed by atoms with van der Waals surface area (Å²) in [5, 5.41) is 10.9. The first-order valence-electron chi connectivity index (χ1n) is 8.86. The number of rotatable bonds is 3. The van der Waals surface area contributed by atoms with E-state index in [0.29, 0.717) is 12.1 Å². The fourth-order valence-electron chi connectivity index (χ4n) is 3.98. The second-order valence-corrected chi connectivity index (χ2v) is 7.99. The average Bonchev–Trinajstić information content (AvgIpc) is 3.37. The molecule has 0 unspecified atom stereocenters. The van der Waals surface area contributed by atoms with Crippen molar-refractivity contribution in [2.75, 3.05) is 37.7 Å². The first kappa shape index (κ1) is 14.8. The molecule has 3 heterocycles. The van der Waals surface area contributed by atoms with Gasteiger partial charge in [-0.1, -0.05) is 41.7 Å². The van der Waals surface area contributed by atoms with Crippen molar-refractivity contribution in [1.82, 2.24) is 15.1 Å². The minimum atomic E-state index is 0.502. The van der Waals surface area contributed by atoms with Crippen molar-refractivity contribution in [2.45, 2.75) is 24.9 Å². The fourth-order valence-corrected chi connectivity index (χ4v) is 4.86. The molecule has 5 rings (SSSR count). The molecule has 126 valence electrons. The lowest BCUT2D eigenvalue weighted by molar-refractivity contribution is -0.0603. The Morgan fingerprint density at radius 2 is 1.92 bits per heavy atom. The van der Waals surface area contributed by atoms with Crippen molar-refractivity contribution < 1.29 is 4.74 Å². The third-order valence-corrected chi connectivity index (χ3v) is 6.46. The zero-order chi connectivity index (χ0) is 15.9. The van der Waals surface area contributed by atoms with E-state index in [0.717, 1.165) is 54.5 Å². The van der Waals surface area contributed by atoms with E-state index in [-0.39, 0.29) is 0 Å². The minimum Gasteiger partial charge on any atom is -0.378 e. The van der Waals surface area contributed by atoms with Gasteiger partial charge in [0.2, 0.25) is 5.13 Å². The lowest BCUT2D eigenvalue weighted by Crippen LogP contribution is -2.62. The Morgan fingerprint density at radius 1 is 1.04 bits per heavy atom. The second kappa shape index (κ2) is 6.10. The molecule has 1 aromatic carbocycles. The van der Waals surface area contributed by atoms with Gasteiger partial charge >= 0.3 is 0 Å². The van der Waals surface area contributed by atoms with Crippen molar-refractivity contribution in [3.8, 4) is 10.6 Å². The summed E-state index contributed by atoms with van der Waals surface area (Å²) in [6.07, 6.45) is 2.77. The molecule has 1 aliphatic carbocycles.